The third-order valence-corrected chi connectivity index (χ3v) is 4.77. The van der Waals surface area contributed by atoms with Crippen LogP contribution in [0.4, 0.5) is 11.4 Å². The monoisotopic (exact) mass is 368 g/mol. The molecule has 27 heavy (non-hydrogen) atoms. The molecule has 0 unspecified atom stereocenters. The van der Waals surface area contributed by atoms with E-state index in [1.807, 2.05) is 24.3 Å². The zero-order valence-electron chi connectivity index (χ0n) is 15.4. The number of ether oxygens (including phenoxy) is 1. The van der Waals surface area contributed by atoms with E-state index < -0.39 is 11.9 Å². The largest absolute Gasteiger partial charge is 0.484 e. The maximum Gasteiger partial charge on any atom is 0.337 e. The lowest BCUT2D eigenvalue weighted by molar-refractivity contribution is -0.118. The molecule has 0 bridgehead atoms. The SMILES string of the molecule is CC1CCN(c2ccc(NC(=O)COc3ccccc3)c(C(=O)O)c2)CC1. The van der Waals surface area contributed by atoms with Gasteiger partial charge in [-0.05, 0) is 49.1 Å². The predicted octanol–water partition coefficient (Wildman–Crippen LogP) is 3.64. The van der Waals surface area contributed by atoms with Crippen LogP contribution in [0, 0.1) is 5.92 Å². The molecule has 1 fully saturated rings. The van der Waals surface area contributed by atoms with Crippen molar-refractivity contribution in [1.82, 2.24) is 0 Å². The molecule has 2 aromatic rings. The van der Waals surface area contributed by atoms with Crippen LogP contribution in [0.25, 0.3) is 0 Å². The van der Waals surface area contributed by atoms with Gasteiger partial charge in [0.05, 0.1) is 11.3 Å². The summed E-state index contributed by atoms with van der Waals surface area (Å²) in [5.74, 6) is -0.188. The Labute approximate surface area is 158 Å². The van der Waals surface area contributed by atoms with Crippen molar-refractivity contribution in [2.45, 2.75) is 19.8 Å². The first-order chi connectivity index (χ1) is 13.0. The van der Waals surface area contributed by atoms with E-state index in [-0.39, 0.29) is 17.9 Å². The number of rotatable bonds is 6. The van der Waals surface area contributed by atoms with Gasteiger partial charge in [0, 0.05) is 18.8 Å². The van der Waals surface area contributed by atoms with Crippen molar-refractivity contribution < 1.29 is 19.4 Å². The van der Waals surface area contributed by atoms with E-state index >= 15 is 0 Å². The second-order valence-corrected chi connectivity index (χ2v) is 6.85. The lowest BCUT2D eigenvalue weighted by Crippen LogP contribution is -2.33. The van der Waals surface area contributed by atoms with Gasteiger partial charge in [-0.25, -0.2) is 4.79 Å². The molecular weight excluding hydrogens is 344 g/mol. The van der Waals surface area contributed by atoms with E-state index in [0.717, 1.165) is 31.6 Å². The minimum Gasteiger partial charge on any atom is -0.484 e. The van der Waals surface area contributed by atoms with E-state index in [0.29, 0.717) is 11.7 Å². The molecule has 6 nitrogen and oxygen atoms in total. The van der Waals surface area contributed by atoms with Gasteiger partial charge in [-0.2, -0.15) is 0 Å². The number of aromatic carboxylic acids is 1. The predicted molar refractivity (Wildman–Crippen MR) is 105 cm³/mol. The lowest BCUT2D eigenvalue weighted by Gasteiger charge is -2.32. The Morgan fingerprint density at radius 2 is 1.85 bits per heavy atom. The van der Waals surface area contributed by atoms with Gasteiger partial charge >= 0.3 is 5.97 Å². The molecule has 0 aliphatic carbocycles. The molecular formula is C21H24N2O4. The topological polar surface area (TPSA) is 78.9 Å². The summed E-state index contributed by atoms with van der Waals surface area (Å²) in [7, 11) is 0. The highest BCUT2D eigenvalue weighted by Gasteiger charge is 2.19. The summed E-state index contributed by atoms with van der Waals surface area (Å²) < 4.78 is 5.40. The third-order valence-electron chi connectivity index (χ3n) is 4.77. The van der Waals surface area contributed by atoms with Crippen LogP contribution in [0.5, 0.6) is 5.75 Å². The molecule has 1 saturated heterocycles. The Bertz CT molecular complexity index is 799. The molecule has 1 amide bonds. The number of carbonyl (C=O) groups excluding carboxylic acids is 1. The van der Waals surface area contributed by atoms with Crippen molar-refractivity contribution in [3.8, 4) is 5.75 Å². The van der Waals surface area contributed by atoms with Crippen LogP contribution in [0.15, 0.2) is 48.5 Å². The zero-order chi connectivity index (χ0) is 19.2. The number of hydrogen-bond acceptors (Lipinski definition) is 4. The maximum atomic E-state index is 12.1. The number of para-hydroxylation sites is 1. The van der Waals surface area contributed by atoms with E-state index in [4.69, 9.17) is 4.74 Å². The number of anilines is 2. The van der Waals surface area contributed by atoms with Gasteiger partial charge in [0.1, 0.15) is 5.75 Å². The summed E-state index contributed by atoms with van der Waals surface area (Å²) in [6, 6.07) is 14.1. The number of carboxylic acid groups (broad SMARTS) is 1. The average molecular weight is 368 g/mol. The van der Waals surface area contributed by atoms with Gasteiger partial charge in [0.25, 0.3) is 5.91 Å². The zero-order valence-corrected chi connectivity index (χ0v) is 15.4. The van der Waals surface area contributed by atoms with Gasteiger partial charge in [-0.1, -0.05) is 25.1 Å². The molecule has 0 saturated carbocycles. The van der Waals surface area contributed by atoms with Crippen LogP contribution in [-0.4, -0.2) is 36.7 Å². The summed E-state index contributed by atoms with van der Waals surface area (Å²) in [5.41, 5.74) is 1.23. The highest BCUT2D eigenvalue weighted by Crippen LogP contribution is 2.27. The molecule has 0 radical (unpaired) electrons. The highest BCUT2D eigenvalue weighted by molar-refractivity contribution is 6.01. The summed E-state index contributed by atoms with van der Waals surface area (Å²) in [6.07, 6.45) is 2.19. The summed E-state index contributed by atoms with van der Waals surface area (Å²) in [5, 5.41) is 12.2. The number of benzene rings is 2. The maximum absolute atomic E-state index is 12.1. The number of amides is 1. The van der Waals surface area contributed by atoms with Crippen LogP contribution in [0.1, 0.15) is 30.1 Å². The number of nitrogens with one attached hydrogen (secondary N) is 1. The lowest BCUT2D eigenvalue weighted by atomic mass is 9.98. The minimum atomic E-state index is -1.07. The highest BCUT2D eigenvalue weighted by atomic mass is 16.5. The fourth-order valence-electron chi connectivity index (χ4n) is 3.13. The average Bonchev–Trinajstić information content (AvgIpc) is 2.68. The quantitative estimate of drug-likeness (QED) is 0.814. The Kier molecular flexibility index (Phi) is 5.96. The van der Waals surface area contributed by atoms with Crippen LogP contribution in [-0.2, 0) is 4.79 Å². The second-order valence-electron chi connectivity index (χ2n) is 6.85. The molecule has 2 aromatic carbocycles. The number of carbonyl (C=O) groups is 2. The number of nitrogens with zero attached hydrogens (tertiary/aromatic N) is 1. The van der Waals surface area contributed by atoms with Gasteiger partial charge < -0.3 is 20.1 Å². The molecule has 1 aliphatic rings. The van der Waals surface area contributed by atoms with E-state index in [1.165, 1.54) is 0 Å². The molecule has 3 rings (SSSR count). The van der Waals surface area contributed by atoms with Gasteiger partial charge in [0.2, 0.25) is 0 Å². The Morgan fingerprint density at radius 3 is 2.52 bits per heavy atom. The first-order valence-corrected chi connectivity index (χ1v) is 9.13. The minimum absolute atomic E-state index is 0.0826. The van der Waals surface area contributed by atoms with Crippen molar-refractivity contribution in [3.05, 3.63) is 54.1 Å². The molecule has 142 valence electrons. The van der Waals surface area contributed by atoms with Crippen molar-refractivity contribution in [2.75, 3.05) is 29.9 Å². The second kappa shape index (κ2) is 8.58. The Hall–Kier alpha value is -3.02. The molecule has 6 heteroatoms. The third kappa shape index (κ3) is 5.00. The molecule has 2 N–H and O–H groups in total. The van der Waals surface area contributed by atoms with Crippen molar-refractivity contribution in [3.63, 3.8) is 0 Å². The van der Waals surface area contributed by atoms with E-state index in [1.54, 1.807) is 24.3 Å². The van der Waals surface area contributed by atoms with Crippen molar-refractivity contribution in [2.24, 2.45) is 5.92 Å². The molecule has 1 aliphatic heterocycles. The molecule has 0 atom stereocenters. The van der Waals surface area contributed by atoms with Crippen molar-refractivity contribution in [1.29, 1.82) is 0 Å². The van der Waals surface area contributed by atoms with E-state index in [9.17, 15) is 14.7 Å². The van der Waals surface area contributed by atoms with Crippen LogP contribution in [0.2, 0.25) is 0 Å². The number of piperidine rings is 1. The Morgan fingerprint density at radius 1 is 1.15 bits per heavy atom. The van der Waals surface area contributed by atoms with Gasteiger partial charge in [-0.3, -0.25) is 4.79 Å². The first kappa shape index (κ1) is 18.8. The molecule has 0 aromatic heterocycles. The summed E-state index contributed by atoms with van der Waals surface area (Å²) >= 11 is 0. The molecule has 0 spiro atoms. The first-order valence-electron chi connectivity index (χ1n) is 9.13. The fraction of sp³-hybridized carbons (Fsp3) is 0.333. The van der Waals surface area contributed by atoms with Crippen LogP contribution < -0.4 is 15.0 Å². The molecule has 1 heterocycles. The van der Waals surface area contributed by atoms with Gasteiger partial charge in [0.15, 0.2) is 6.61 Å². The van der Waals surface area contributed by atoms with Crippen LogP contribution in [0.3, 0.4) is 0 Å². The number of carboxylic acids is 1. The van der Waals surface area contributed by atoms with Crippen LogP contribution >= 0.6 is 0 Å². The summed E-state index contributed by atoms with van der Waals surface area (Å²) in [4.78, 5) is 26.0. The standard InChI is InChI=1S/C21H24N2O4/c1-15-9-11-23(12-10-15)16-7-8-19(18(13-16)21(25)26)22-20(24)14-27-17-5-3-2-4-6-17/h2-8,13,15H,9-12,14H2,1H3,(H,22,24)(H,25,26). The van der Waals surface area contributed by atoms with Crippen molar-refractivity contribution >= 4 is 23.3 Å². The van der Waals surface area contributed by atoms with E-state index in [2.05, 4.69) is 17.1 Å². The van der Waals surface area contributed by atoms with Gasteiger partial charge in [-0.15, -0.1) is 0 Å². The number of hydrogen-bond donors (Lipinski definition) is 2. The fourth-order valence-corrected chi connectivity index (χ4v) is 3.13. The smallest absolute Gasteiger partial charge is 0.337 e. The normalized spacial score (nSPS) is 14.6. The Balaban J connectivity index is 1.67. The summed E-state index contributed by atoms with van der Waals surface area (Å²) in [6.45, 7) is 3.87.